The molecule has 1 aromatic heterocycles. The van der Waals surface area contributed by atoms with Gasteiger partial charge in [-0.25, -0.2) is 9.97 Å². The molecule has 0 aromatic carbocycles. The Morgan fingerprint density at radius 2 is 2.11 bits per heavy atom. The maximum atomic E-state index is 11.3. The van der Waals surface area contributed by atoms with Gasteiger partial charge in [-0.15, -0.1) is 0 Å². The lowest BCUT2D eigenvalue weighted by Crippen LogP contribution is -2.34. The van der Waals surface area contributed by atoms with Crippen molar-refractivity contribution in [3.05, 3.63) is 18.1 Å². The maximum absolute atomic E-state index is 11.3. The number of carboxylic acids is 1. The van der Waals surface area contributed by atoms with Crippen molar-refractivity contribution in [2.24, 2.45) is 5.92 Å². The second kappa shape index (κ2) is 6.14. The summed E-state index contributed by atoms with van der Waals surface area (Å²) in [6.07, 6.45) is 7.41. The Morgan fingerprint density at radius 1 is 1.32 bits per heavy atom. The normalized spacial score (nSPS) is 23.1. The van der Waals surface area contributed by atoms with Crippen molar-refractivity contribution in [1.29, 1.82) is 5.26 Å². The molecule has 100 valence electrons. The number of nitrogens with zero attached hydrogens (tertiary/aromatic N) is 3. The molecule has 2 unspecified atom stereocenters. The Kier molecular flexibility index (Phi) is 4.29. The number of hydrogen-bond donors (Lipinski definition) is 2. The van der Waals surface area contributed by atoms with Crippen LogP contribution in [0.5, 0.6) is 0 Å². The first-order chi connectivity index (χ1) is 9.20. The van der Waals surface area contributed by atoms with Gasteiger partial charge in [0.05, 0.1) is 18.3 Å². The minimum Gasteiger partial charge on any atom is -0.481 e. The molecule has 2 atom stereocenters. The van der Waals surface area contributed by atoms with Gasteiger partial charge in [-0.1, -0.05) is 19.3 Å². The number of aliphatic carboxylic acids is 1. The molecule has 1 heterocycles. The quantitative estimate of drug-likeness (QED) is 0.804. The molecule has 0 aliphatic heterocycles. The Balaban J connectivity index is 2.09. The Labute approximate surface area is 111 Å². The molecule has 0 bridgehead atoms. The third-order valence-corrected chi connectivity index (χ3v) is 3.43. The summed E-state index contributed by atoms with van der Waals surface area (Å²) in [5.41, 5.74) is 0.251. The molecule has 1 aromatic rings. The highest BCUT2D eigenvalue weighted by atomic mass is 16.4. The van der Waals surface area contributed by atoms with E-state index in [1.165, 1.54) is 12.4 Å². The summed E-state index contributed by atoms with van der Waals surface area (Å²) in [6.45, 7) is 0. The van der Waals surface area contributed by atoms with Gasteiger partial charge in [0.15, 0.2) is 5.69 Å². The first-order valence-corrected chi connectivity index (χ1v) is 6.42. The molecule has 1 aliphatic rings. The Bertz CT molecular complexity index is 480. The van der Waals surface area contributed by atoms with E-state index in [2.05, 4.69) is 15.3 Å². The summed E-state index contributed by atoms with van der Waals surface area (Å²) in [6, 6.07) is 1.78. The number of nitrogens with one attached hydrogen (secondary N) is 1. The van der Waals surface area contributed by atoms with Crippen LogP contribution < -0.4 is 5.32 Å². The maximum Gasteiger partial charge on any atom is 0.308 e. The fourth-order valence-corrected chi connectivity index (χ4v) is 2.43. The van der Waals surface area contributed by atoms with Gasteiger partial charge in [0.1, 0.15) is 11.9 Å². The van der Waals surface area contributed by atoms with Crippen molar-refractivity contribution in [3.8, 4) is 6.07 Å². The Hall–Kier alpha value is -2.16. The van der Waals surface area contributed by atoms with E-state index in [1.807, 2.05) is 6.07 Å². The molecule has 1 fully saturated rings. The van der Waals surface area contributed by atoms with Crippen LogP contribution in [-0.4, -0.2) is 27.1 Å². The van der Waals surface area contributed by atoms with Gasteiger partial charge < -0.3 is 10.4 Å². The molecule has 19 heavy (non-hydrogen) atoms. The molecule has 1 saturated carbocycles. The van der Waals surface area contributed by atoms with Crippen LogP contribution in [0.1, 0.15) is 37.8 Å². The predicted molar refractivity (Wildman–Crippen MR) is 68.4 cm³/mol. The number of nitriles is 1. The van der Waals surface area contributed by atoms with E-state index in [0.29, 0.717) is 12.2 Å². The zero-order valence-electron chi connectivity index (χ0n) is 10.5. The average Bonchev–Trinajstić information content (AvgIpc) is 2.65. The molecule has 0 saturated heterocycles. The third-order valence-electron chi connectivity index (χ3n) is 3.43. The number of carbonyl (C=O) groups is 1. The SMILES string of the molecule is N#Cc1cnc(NC2CCCCCC2C(=O)O)cn1. The first kappa shape index (κ1) is 13.3. The predicted octanol–water partition coefficient (Wildman–Crippen LogP) is 1.79. The fourth-order valence-electron chi connectivity index (χ4n) is 2.43. The minimum absolute atomic E-state index is 0.123. The van der Waals surface area contributed by atoms with Gasteiger partial charge in [0, 0.05) is 6.04 Å². The van der Waals surface area contributed by atoms with Gasteiger partial charge in [0.2, 0.25) is 0 Å². The van der Waals surface area contributed by atoms with Gasteiger partial charge in [-0.3, -0.25) is 4.79 Å². The monoisotopic (exact) mass is 260 g/mol. The van der Waals surface area contributed by atoms with Crippen LogP contribution in [0.4, 0.5) is 5.82 Å². The van der Waals surface area contributed by atoms with Crippen LogP contribution in [0.3, 0.4) is 0 Å². The fraction of sp³-hybridized carbons (Fsp3) is 0.538. The smallest absolute Gasteiger partial charge is 0.308 e. The van der Waals surface area contributed by atoms with Gasteiger partial charge in [-0.2, -0.15) is 5.26 Å². The van der Waals surface area contributed by atoms with Crippen molar-refractivity contribution in [2.75, 3.05) is 5.32 Å². The molecule has 0 amide bonds. The Morgan fingerprint density at radius 3 is 2.74 bits per heavy atom. The van der Waals surface area contributed by atoms with Crippen LogP contribution >= 0.6 is 0 Å². The van der Waals surface area contributed by atoms with Crippen molar-refractivity contribution >= 4 is 11.8 Å². The molecule has 0 spiro atoms. The van der Waals surface area contributed by atoms with Crippen LogP contribution in [0, 0.1) is 17.2 Å². The summed E-state index contributed by atoms with van der Waals surface area (Å²) < 4.78 is 0. The van der Waals surface area contributed by atoms with Gasteiger partial charge >= 0.3 is 5.97 Å². The standard InChI is InChI=1S/C13H16N4O2/c14-6-9-7-16-12(8-15-9)17-11-5-3-1-2-4-10(11)13(18)19/h7-8,10-11H,1-5H2,(H,16,17)(H,18,19). The average molecular weight is 260 g/mol. The van der Waals surface area contributed by atoms with E-state index < -0.39 is 5.97 Å². The first-order valence-electron chi connectivity index (χ1n) is 6.42. The van der Waals surface area contributed by atoms with Crippen LogP contribution in [0.2, 0.25) is 0 Å². The summed E-state index contributed by atoms with van der Waals surface area (Å²) in [7, 11) is 0. The lowest BCUT2D eigenvalue weighted by molar-refractivity contribution is -0.142. The summed E-state index contributed by atoms with van der Waals surface area (Å²) in [5, 5.41) is 21.1. The number of aromatic nitrogens is 2. The zero-order chi connectivity index (χ0) is 13.7. The highest BCUT2D eigenvalue weighted by Crippen LogP contribution is 2.26. The van der Waals surface area contributed by atoms with E-state index >= 15 is 0 Å². The van der Waals surface area contributed by atoms with Crippen LogP contribution in [0.25, 0.3) is 0 Å². The van der Waals surface area contributed by atoms with Crippen molar-refractivity contribution in [1.82, 2.24) is 9.97 Å². The summed E-state index contributed by atoms with van der Waals surface area (Å²) in [4.78, 5) is 19.3. The molecule has 2 rings (SSSR count). The van der Waals surface area contributed by atoms with E-state index in [0.717, 1.165) is 25.7 Å². The molecule has 0 radical (unpaired) electrons. The van der Waals surface area contributed by atoms with Crippen LogP contribution in [0.15, 0.2) is 12.4 Å². The number of carboxylic acid groups (broad SMARTS) is 1. The largest absolute Gasteiger partial charge is 0.481 e. The van der Waals surface area contributed by atoms with E-state index in [9.17, 15) is 9.90 Å². The molecule has 1 aliphatic carbocycles. The summed E-state index contributed by atoms with van der Waals surface area (Å²) in [5.74, 6) is -0.627. The minimum atomic E-state index is -0.763. The highest BCUT2D eigenvalue weighted by Gasteiger charge is 2.29. The lowest BCUT2D eigenvalue weighted by atomic mass is 9.95. The molecule has 2 N–H and O–H groups in total. The third kappa shape index (κ3) is 3.41. The van der Waals surface area contributed by atoms with E-state index in [1.54, 1.807) is 0 Å². The molecular weight excluding hydrogens is 244 g/mol. The second-order valence-electron chi connectivity index (χ2n) is 4.73. The van der Waals surface area contributed by atoms with Crippen molar-refractivity contribution < 1.29 is 9.90 Å². The van der Waals surface area contributed by atoms with Crippen molar-refractivity contribution in [3.63, 3.8) is 0 Å². The van der Waals surface area contributed by atoms with Crippen molar-refractivity contribution in [2.45, 2.75) is 38.1 Å². The topological polar surface area (TPSA) is 98.9 Å². The van der Waals surface area contributed by atoms with E-state index in [-0.39, 0.29) is 17.7 Å². The van der Waals surface area contributed by atoms with E-state index in [4.69, 9.17) is 5.26 Å². The summed E-state index contributed by atoms with van der Waals surface area (Å²) >= 11 is 0. The number of hydrogen-bond acceptors (Lipinski definition) is 5. The highest BCUT2D eigenvalue weighted by molar-refractivity contribution is 5.71. The van der Waals surface area contributed by atoms with Crippen LogP contribution in [-0.2, 0) is 4.79 Å². The number of rotatable bonds is 3. The second-order valence-corrected chi connectivity index (χ2v) is 4.73. The van der Waals surface area contributed by atoms with Gasteiger partial charge in [0.25, 0.3) is 0 Å². The molecular formula is C13H16N4O2. The van der Waals surface area contributed by atoms with Gasteiger partial charge in [-0.05, 0) is 12.8 Å². The zero-order valence-corrected chi connectivity index (χ0v) is 10.5. The molecule has 6 heteroatoms. The molecule has 6 nitrogen and oxygen atoms in total. The number of anilines is 1. The lowest BCUT2D eigenvalue weighted by Gasteiger charge is -2.23.